The molecule has 6 nitrogen and oxygen atoms in total. The van der Waals surface area contributed by atoms with Gasteiger partial charge in [0, 0.05) is 23.2 Å². The van der Waals surface area contributed by atoms with E-state index in [9.17, 15) is 14.9 Å². The molecule has 0 radical (unpaired) electrons. The maximum Gasteiger partial charge on any atom is 0.271 e. The van der Waals surface area contributed by atoms with E-state index in [0.717, 1.165) is 19.4 Å². The first-order chi connectivity index (χ1) is 9.08. The zero-order valence-corrected chi connectivity index (χ0v) is 11.8. The number of nitro benzene ring substituents is 1. The largest absolute Gasteiger partial charge is 0.325 e. The molecular formula is C12H14BrN3O3. The van der Waals surface area contributed by atoms with Gasteiger partial charge in [-0.15, -0.1) is 0 Å². The predicted molar refractivity (Wildman–Crippen MR) is 75.0 cm³/mol. The molecule has 1 aromatic carbocycles. The third-order valence-electron chi connectivity index (χ3n) is 3.09. The molecule has 0 saturated carbocycles. The lowest BCUT2D eigenvalue weighted by molar-refractivity contribution is -0.384. The number of carbonyl (C=O) groups excluding carboxylic acids is 1. The van der Waals surface area contributed by atoms with Gasteiger partial charge in [0.05, 0.1) is 16.5 Å². The molecule has 1 unspecified atom stereocenters. The number of nitro groups is 1. The van der Waals surface area contributed by atoms with Crippen LogP contribution >= 0.6 is 15.9 Å². The van der Waals surface area contributed by atoms with Crippen molar-refractivity contribution in [1.82, 2.24) is 5.32 Å². The molecule has 1 aliphatic rings. The van der Waals surface area contributed by atoms with Crippen LogP contribution in [0.25, 0.3) is 0 Å². The van der Waals surface area contributed by atoms with Gasteiger partial charge in [-0.3, -0.25) is 14.9 Å². The summed E-state index contributed by atoms with van der Waals surface area (Å²) in [7, 11) is 0. The van der Waals surface area contributed by atoms with Crippen LogP contribution in [-0.2, 0) is 4.79 Å². The quantitative estimate of drug-likeness (QED) is 0.659. The van der Waals surface area contributed by atoms with Crippen LogP contribution in [0.5, 0.6) is 0 Å². The third kappa shape index (κ3) is 3.51. The van der Waals surface area contributed by atoms with E-state index in [4.69, 9.17) is 0 Å². The van der Waals surface area contributed by atoms with Crippen LogP contribution in [0.1, 0.15) is 12.8 Å². The van der Waals surface area contributed by atoms with Gasteiger partial charge >= 0.3 is 0 Å². The monoisotopic (exact) mass is 327 g/mol. The molecule has 1 atom stereocenters. The van der Waals surface area contributed by atoms with Crippen molar-refractivity contribution in [3.63, 3.8) is 0 Å². The number of hydrogen-bond acceptors (Lipinski definition) is 4. The van der Waals surface area contributed by atoms with E-state index in [-0.39, 0.29) is 17.5 Å². The zero-order valence-electron chi connectivity index (χ0n) is 10.2. The average molecular weight is 328 g/mol. The van der Waals surface area contributed by atoms with Crippen LogP contribution < -0.4 is 10.6 Å². The molecule has 1 amide bonds. The number of benzene rings is 1. The number of carbonyl (C=O) groups is 1. The van der Waals surface area contributed by atoms with Crippen molar-refractivity contribution in [2.24, 2.45) is 5.92 Å². The van der Waals surface area contributed by atoms with Gasteiger partial charge in [0.15, 0.2) is 0 Å². The third-order valence-corrected chi connectivity index (χ3v) is 3.78. The number of non-ortho nitro benzene ring substituents is 1. The Bertz CT molecular complexity index is 501. The first-order valence-corrected chi connectivity index (χ1v) is 6.83. The highest BCUT2D eigenvalue weighted by Gasteiger charge is 2.22. The van der Waals surface area contributed by atoms with Crippen molar-refractivity contribution in [2.75, 3.05) is 18.4 Å². The van der Waals surface area contributed by atoms with Gasteiger partial charge in [-0.25, -0.2) is 0 Å². The fourth-order valence-corrected chi connectivity index (χ4v) is 2.38. The van der Waals surface area contributed by atoms with Gasteiger partial charge in [-0.2, -0.15) is 0 Å². The van der Waals surface area contributed by atoms with Gasteiger partial charge in [0.1, 0.15) is 0 Å². The summed E-state index contributed by atoms with van der Waals surface area (Å²) < 4.78 is 0.634. The fraction of sp³-hybridized carbons (Fsp3) is 0.417. The Morgan fingerprint density at radius 2 is 2.32 bits per heavy atom. The van der Waals surface area contributed by atoms with E-state index in [2.05, 4.69) is 26.6 Å². The van der Waals surface area contributed by atoms with Crippen LogP contribution in [0, 0.1) is 16.0 Å². The number of anilines is 1. The standard InChI is InChI=1S/C12H14BrN3O3/c13-10-4-3-9(16(18)19)6-11(10)15-12(17)8-2-1-5-14-7-8/h3-4,6,8,14H,1-2,5,7H2,(H,15,17). The zero-order chi connectivity index (χ0) is 13.8. The van der Waals surface area contributed by atoms with Crippen LogP contribution in [0.15, 0.2) is 22.7 Å². The highest BCUT2D eigenvalue weighted by atomic mass is 79.9. The Morgan fingerprint density at radius 1 is 1.53 bits per heavy atom. The van der Waals surface area contributed by atoms with E-state index in [0.29, 0.717) is 16.7 Å². The van der Waals surface area contributed by atoms with E-state index < -0.39 is 4.92 Å². The van der Waals surface area contributed by atoms with Crippen LogP contribution in [-0.4, -0.2) is 23.9 Å². The summed E-state index contributed by atoms with van der Waals surface area (Å²) in [4.78, 5) is 22.3. The second-order valence-electron chi connectivity index (χ2n) is 4.45. The molecule has 1 heterocycles. The van der Waals surface area contributed by atoms with Crippen molar-refractivity contribution < 1.29 is 9.72 Å². The molecule has 0 aromatic heterocycles. The summed E-state index contributed by atoms with van der Waals surface area (Å²) >= 11 is 3.28. The fourth-order valence-electron chi connectivity index (χ4n) is 2.03. The molecule has 0 spiro atoms. The van der Waals surface area contributed by atoms with Crippen LogP contribution in [0.2, 0.25) is 0 Å². The molecule has 19 heavy (non-hydrogen) atoms. The molecule has 0 bridgehead atoms. The molecule has 7 heteroatoms. The highest BCUT2D eigenvalue weighted by Crippen LogP contribution is 2.27. The lowest BCUT2D eigenvalue weighted by Crippen LogP contribution is -2.37. The topological polar surface area (TPSA) is 84.3 Å². The van der Waals surface area contributed by atoms with Crippen molar-refractivity contribution in [3.8, 4) is 0 Å². The lowest BCUT2D eigenvalue weighted by Gasteiger charge is -2.22. The molecule has 102 valence electrons. The summed E-state index contributed by atoms with van der Waals surface area (Å²) in [6.07, 6.45) is 1.81. The van der Waals surface area contributed by atoms with Gasteiger partial charge in [-0.05, 0) is 41.4 Å². The minimum Gasteiger partial charge on any atom is -0.325 e. The summed E-state index contributed by atoms with van der Waals surface area (Å²) in [5.74, 6) is -0.187. The predicted octanol–water partition coefficient (Wildman–Crippen LogP) is 2.30. The first-order valence-electron chi connectivity index (χ1n) is 6.03. The molecule has 2 rings (SSSR count). The van der Waals surface area contributed by atoms with Gasteiger partial charge < -0.3 is 10.6 Å². The first kappa shape index (κ1) is 14.0. The molecule has 1 fully saturated rings. The number of halogens is 1. The summed E-state index contributed by atoms with van der Waals surface area (Å²) in [5.41, 5.74) is 0.394. The van der Waals surface area contributed by atoms with Gasteiger partial charge in [-0.1, -0.05) is 0 Å². The van der Waals surface area contributed by atoms with Crippen LogP contribution in [0.4, 0.5) is 11.4 Å². The van der Waals surface area contributed by atoms with Crippen molar-refractivity contribution in [2.45, 2.75) is 12.8 Å². The second kappa shape index (κ2) is 6.12. The van der Waals surface area contributed by atoms with Crippen LogP contribution in [0.3, 0.4) is 0 Å². The Labute approximate surface area is 118 Å². The van der Waals surface area contributed by atoms with E-state index in [1.165, 1.54) is 12.1 Å². The van der Waals surface area contributed by atoms with E-state index >= 15 is 0 Å². The smallest absolute Gasteiger partial charge is 0.271 e. The molecule has 1 saturated heterocycles. The number of piperidine rings is 1. The maximum absolute atomic E-state index is 12.1. The van der Waals surface area contributed by atoms with E-state index in [1.54, 1.807) is 6.07 Å². The van der Waals surface area contributed by atoms with Crippen molar-refractivity contribution >= 4 is 33.2 Å². The summed E-state index contributed by atoms with van der Waals surface area (Å²) in [5, 5.41) is 16.6. The Hall–Kier alpha value is -1.47. The maximum atomic E-state index is 12.1. The Morgan fingerprint density at radius 3 is 2.95 bits per heavy atom. The number of nitrogens with zero attached hydrogens (tertiary/aromatic N) is 1. The Balaban J connectivity index is 2.11. The van der Waals surface area contributed by atoms with Crippen molar-refractivity contribution in [1.29, 1.82) is 0 Å². The molecule has 0 aliphatic carbocycles. The number of rotatable bonds is 3. The molecule has 1 aromatic rings. The average Bonchev–Trinajstić information content (AvgIpc) is 2.42. The molecular weight excluding hydrogens is 314 g/mol. The number of hydrogen-bond donors (Lipinski definition) is 2. The number of nitrogens with one attached hydrogen (secondary N) is 2. The lowest BCUT2D eigenvalue weighted by atomic mass is 9.99. The van der Waals surface area contributed by atoms with Crippen molar-refractivity contribution in [3.05, 3.63) is 32.8 Å². The number of amides is 1. The minimum absolute atomic E-state index is 0.0414. The highest BCUT2D eigenvalue weighted by molar-refractivity contribution is 9.10. The second-order valence-corrected chi connectivity index (χ2v) is 5.31. The SMILES string of the molecule is O=C(Nc1cc([N+](=O)[O-])ccc1Br)C1CCCNC1. The van der Waals surface area contributed by atoms with Gasteiger partial charge in [0.25, 0.3) is 5.69 Å². The molecule has 2 N–H and O–H groups in total. The summed E-state index contributed by atoms with van der Waals surface area (Å²) in [6.45, 7) is 1.59. The Kier molecular flexibility index (Phi) is 4.49. The van der Waals surface area contributed by atoms with E-state index in [1.807, 2.05) is 0 Å². The van der Waals surface area contributed by atoms with Gasteiger partial charge in [0.2, 0.25) is 5.91 Å². The minimum atomic E-state index is -0.482. The molecule has 1 aliphatic heterocycles. The normalized spacial score (nSPS) is 18.9. The summed E-state index contributed by atoms with van der Waals surface area (Å²) in [6, 6.07) is 4.31.